The molecule has 1 aliphatic heterocycles. The average molecular weight is 351 g/mol. The first-order valence-electron chi connectivity index (χ1n) is 9.61. The van der Waals surface area contributed by atoms with Gasteiger partial charge < -0.3 is 11.1 Å². The SMILES string of the molecule is NC(C(=O)NCc1ccccc1CN1CCCCCC1)c1ccccc1. The summed E-state index contributed by atoms with van der Waals surface area (Å²) >= 11 is 0. The van der Waals surface area contributed by atoms with E-state index in [9.17, 15) is 4.79 Å². The van der Waals surface area contributed by atoms with E-state index in [0.29, 0.717) is 6.54 Å². The van der Waals surface area contributed by atoms with E-state index in [0.717, 1.165) is 12.1 Å². The number of carbonyl (C=O) groups is 1. The Morgan fingerprint density at radius 3 is 2.23 bits per heavy atom. The lowest BCUT2D eigenvalue weighted by Gasteiger charge is -2.22. The summed E-state index contributed by atoms with van der Waals surface area (Å²) in [5, 5.41) is 3.00. The van der Waals surface area contributed by atoms with Crippen LogP contribution in [0, 0.1) is 0 Å². The van der Waals surface area contributed by atoms with Crippen molar-refractivity contribution >= 4 is 5.91 Å². The second-order valence-electron chi connectivity index (χ2n) is 7.07. The van der Waals surface area contributed by atoms with Gasteiger partial charge >= 0.3 is 0 Å². The van der Waals surface area contributed by atoms with E-state index >= 15 is 0 Å². The number of likely N-dealkylation sites (tertiary alicyclic amines) is 1. The Hall–Kier alpha value is -2.17. The number of rotatable bonds is 6. The Kier molecular flexibility index (Phi) is 6.81. The number of hydrogen-bond donors (Lipinski definition) is 2. The van der Waals surface area contributed by atoms with E-state index in [1.54, 1.807) is 0 Å². The molecule has 0 aliphatic carbocycles. The minimum atomic E-state index is -0.631. The molecule has 26 heavy (non-hydrogen) atoms. The van der Waals surface area contributed by atoms with Crippen LogP contribution in [0.3, 0.4) is 0 Å². The van der Waals surface area contributed by atoms with Crippen LogP contribution in [0.5, 0.6) is 0 Å². The lowest BCUT2D eigenvalue weighted by molar-refractivity contribution is -0.122. The second kappa shape index (κ2) is 9.51. The molecule has 3 rings (SSSR count). The van der Waals surface area contributed by atoms with Gasteiger partial charge in [-0.25, -0.2) is 0 Å². The quantitative estimate of drug-likeness (QED) is 0.839. The largest absolute Gasteiger partial charge is 0.350 e. The number of benzene rings is 2. The first kappa shape index (κ1) is 18.6. The van der Waals surface area contributed by atoms with Crippen molar-refractivity contribution in [3.63, 3.8) is 0 Å². The van der Waals surface area contributed by atoms with E-state index in [1.807, 2.05) is 36.4 Å². The molecule has 0 saturated carbocycles. The second-order valence-corrected chi connectivity index (χ2v) is 7.07. The van der Waals surface area contributed by atoms with Crippen LogP contribution < -0.4 is 11.1 Å². The van der Waals surface area contributed by atoms with Crippen LogP contribution in [0.1, 0.15) is 48.4 Å². The molecule has 0 spiro atoms. The van der Waals surface area contributed by atoms with Crippen molar-refractivity contribution in [3.05, 3.63) is 71.3 Å². The Morgan fingerprint density at radius 2 is 1.54 bits per heavy atom. The zero-order valence-corrected chi connectivity index (χ0v) is 15.4. The highest BCUT2D eigenvalue weighted by atomic mass is 16.2. The van der Waals surface area contributed by atoms with Crippen LogP contribution in [0.4, 0.5) is 0 Å². The molecule has 2 aromatic rings. The number of nitrogens with two attached hydrogens (primary N) is 1. The van der Waals surface area contributed by atoms with Gasteiger partial charge in [-0.3, -0.25) is 9.69 Å². The number of carbonyl (C=O) groups excluding carboxylic acids is 1. The zero-order valence-electron chi connectivity index (χ0n) is 15.4. The van der Waals surface area contributed by atoms with Crippen molar-refractivity contribution in [2.45, 2.75) is 44.8 Å². The molecule has 1 aliphatic rings. The molecule has 1 unspecified atom stereocenters. The first-order chi connectivity index (χ1) is 12.7. The summed E-state index contributed by atoms with van der Waals surface area (Å²) in [6.07, 6.45) is 5.24. The summed E-state index contributed by atoms with van der Waals surface area (Å²) in [7, 11) is 0. The highest BCUT2D eigenvalue weighted by molar-refractivity contribution is 5.82. The Morgan fingerprint density at radius 1 is 0.923 bits per heavy atom. The average Bonchev–Trinajstić information content (AvgIpc) is 2.96. The van der Waals surface area contributed by atoms with Crippen molar-refractivity contribution in [3.8, 4) is 0 Å². The van der Waals surface area contributed by atoms with Crippen LogP contribution in [-0.2, 0) is 17.9 Å². The van der Waals surface area contributed by atoms with Crippen LogP contribution in [-0.4, -0.2) is 23.9 Å². The zero-order chi connectivity index (χ0) is 18.2. The number of amides is 1. The predicted molar refractivity (Wildman–Crippen MR) is 105 cm³/mol. The van der Waals surface area contributed by atoms with Gasteiger partial charge in [0, 0.05) is 13.1 Å². The van der Waals surface area contributed by atoms with E-state index in [-0.39, 0.29) is 5.91 Å². The van der Waals surface area contributed by atoms with E-state index in [2.05, 4.69) is 28.4 Å². The molecule has 2 aromatic carbocycles. The van der Waals surface area contributed by atoms with Crippen LogP contribution in [0.2, 0.25) is 0 Å². The fraction of sp³-hybridized carbons (Fsp3) is 0.409. The highest BCUT2D eigenvalue weighted by Gasteiger charge is 2.16. The normalized spacial score (nSPS) is 16.7. The van der Waals surface area contributed by atoms with Gasteiger partial charge in [0.15, 0.2) is 0 Å². The maximum atomic E-state index is 12.4. The van der Waals surface area contributed by atoms with Crippen LogP contribution >= 0.6 is 0 Å². The van der Waals surface area contributed by atoms with Gasteiger partial charge in [0.1, 0.15) is 6.04 Å². The van der Waals surface area contributed by atoms with Crippen LogP contribution in [0.15, 0.2) is 54.6 Å². The minimum absolute atomic E-state index is 0.138. The summed E-state index contributed by atoms with van der Waals surface area (Å²) in [6, 6.07) is 17.2. The summed E-state index contributed by atoms with van der Waals surface area (Å²) in [4.78, 5) is 14.9. The van der Waals surface area contributed by atoms with Gasteiger partial charge in [0.05, 0.1) is 0 Å². The first-order valence-corrected chi connectivity index (χ1v) is 9.61. The summed E-state index contributed by atoms with van der Waals surface area (Å²) < 4.78 is 0. The molecule has 4 nitrogen and oxygen atoms in total. The number of hydrogen-bond acceptors (Lipinski definition) is 3. The third-order valence-electron chi connectivity index (χ3n) is 5.11. The summed E-state index contributed by atoms with van der Waals surface area (Å²) in [6.45, 7) is 3.80. The lowest BCUT2D eigenvalue weighted by atomic mass is 10.1. The highest BCUT2D eigenvalue weighted by Crippen LogP contribution is 2.17. The standard InChI is InChI=1S/C22H29N3O/c23-21(18-10-4-3-5-11-18)22(26)24-16-19-12-6-7-13-20(19)17-25-14-8-1-2-9-15-25/h3-7,10-13,21H,1-2,8-9,14-17,23H2,(H,24,26). The Labute approximate surface area is 156 Å². The molecule has 1 saturated heterocycles. The van der Waals surface area contributed by atoms with Crippen molar-refractivity contribution in [2.24, 2.45) is 5.73 Å². The number of nitrogens with zero attached hydrogens (tertiary/aromatic N) is 1. The third kappa shape index (κ3) is 5.16. The lowest BCUT2D eigenvalue weighted by Crippen LogP contribution is -2.34. The molecule has 0 bridgehead atoms. The van der Waals surface area contributed by atoms with Crippen molar-refractivity contribution in [1.82, 2.24) is 10.2 Å². The molecule has 0 aromatic heterocycles. The smallest absolute Gasteiger partial charge is 0.241 e. The Balaban J connectivity index is 1.60. The van der Waals surface area contributed by atoms with E-state index < -0.39 is 6.04 Å². The van der Waals surface area contributed by atoms with Crippen molar-refractivity contribution < 1.29 is 4.79 Å². The van der Waals surface area contributed by atoms with Crippen molar-refractivity contribution in [1.29, 1.82) is 0 Å². The van der Waals surface area contributed by atoms with Gasteiger partial charge in [0.2, 0.25) is 5.91 Å². The van der Waals surface area contributed by atoms with Gasteiger partial charge in [-0.15, -0.1) is 0 Å². The van der Waals surface area contributed by atoms with E-state index in [4.69, 9.17) is 5.73 Å². The Bertz CT molecular complexity index is 694. The molecule has 4 heteroatoms. The van der Waals surface area contributed by atoms with Gasteiger partial charge in [-0.05, 0) is 42.6 Å². The third-order valence-corrected chi connectivity index (χ3v) is 5.11. The molecule has 1 fully saturated rings. The molecule has 138 valence electrons. The monoisotopic (exact) mass is 351 g/mol. The fourth-order valence-corrected chi connectivity index (χ4v) is 3.52. The predicted octanol–water partition coefficient (Wildman–Crippen LogP) is 3.38. The number of nitrogens with one attached hydrogen (secondary N) is 1. The van der Waals surface area contributed by atoms with Gasteiger partial charge in [-0.1, -0.05) is 67.4 Å². The molecule has 1 amide bonds. The minimum Gasteiger partial charge on any atom is -0.350 e. The van der Waals surface area contributed by atoms with Crippen LogP contribution in [0.25, 0.3) is 0 Å². The topological polar surface area (TPSA) is 58.4 Å². The maximum Gasteiger partial charge on any atom is 0.241 e. The molecule has 1 atom stereocenters. The van der Waals surface area contributed by atoms with Crippen molar-refractivity contribution in [2.75, 3.05) is 13.1 Å². The molecule has 0 radical (unpaired) electrons. The molecule has 1 heterocycles. The van der Waals surface area contributed by atoms with E-state index in [1.165, 1.54) is 49.9 Å². The maximum absolute atomic E-state index is 12.4. The summed E-state index contributed by atoms with van der Waals surface area (Å²) in [5.74, 6) is -0.138. The summed E-state index contributed by atoms with van der Waals surface area (Å²) in [5.41, 5.74) is 9.39. The van der Waals surface area contributed by atoms with Gasteiger partial charge in [0.25, 0.3) is 0 Å². The fourth-order valence-electron chi connectivity index (χ4n) is 3.52. The molecule has 3 N–H and O–H groups in total. The van der Waals surface area contributed by atoms with Gasteiger partial charge in [-0.2, -0.15) is 0 Å². The molecular weight excluding hydrogens is 322 g/mol. The molecular formula is C22H29N3O.